The molecule has 0 saturated carbocycles. The van der Waals surface area contributed by atoms with Crippen LogP contribution in [0.1, 0.15) is 27.7 Å². The lowest BCUT2D eigenvalue weighted by molar-refractivity contribution is -0.130. The number of methoxy groups -OCH3 is 1. The van der Waals surface area contributed by atoms with Crippen LogP contribution in [0.4, 0.5) is 0 Å². The molecular weight excluding hydrogens is 222 g/mol. The van der Waals surface area contributed by atoms with Crippen molar-refractivity contribution in [2.24, 2.45) is 5.73 Å². The SMILES string of the molecule is COCC(N)C(=O)NC(C)C(=O)NC(C)(C)C. The fraction of sp³-hybridized carbons (Fsp3) is 0.818. The number of nitrogens with two attached hydrogens (primary N) is 1. The van der Waals surface area contributed by atoms with Crippen molar-refractivity contribution in [3.63, 3.8) is 0 Å². The third-order valence-corrected chi connectivity index (χ3v) is 1.93. The van der Waals surface area contributed by atoms with Crippen LogP contribution in [0, 0.1) is 0 Å². The Morgan fingerprint density at radius 3 is 2.24 bits per heavy atom. The number of nitrogens with one attached hydrogen (secondary N) is 2. The van der Waals surface area contributed by atoms with Gasteiger partial charge < -0.3 is 21.1 Å². The Morgan fingerprint density at radius 2 is 1.82 bits per heavy atom. The molecule has 100 valence electrons. The van der Waals surface area contributed by atoms with Gasteiger partial charge in [-0.15, -0.1) is 0 Å². The molecule has 2 unspecified atom stereocenters. The number of carbonyl (C=O) groups excluding carboxylic acids is 2. The standard InChI is InChI=1S/C11H23N3O3/c1-7(9(15)14-11(2,3)4)13-10(16)8(12)6-17-5/h7-8H,6,12H2,1-5H3,(H,13,16)(H,14,15). The molecule has 0 rings (SSSR count). The van der Waals surface area contributed by atoms with Crippen molar-refractivity contribution in [2.45, 2.75) is 45.3 Å². The molecule has 0 aromatic rings. The van der Waals surface area contributed by atoms with Crippen LogP contribution in [0.3, 0.4) is 0 Å². The molecule has 0 aliphatic heterocycles. The molecule has 17 heavy (non-hydrogen) atoms. The average Bonchev–Trinajstić information content (AvgIpc) is 2.15. The Kier molecular flexibility index (Phi) is 6.12. The fourth-order valence-electron chi connectivity index (χ4n) is 1.12. The first-order chi connectivity index (χ1) is 7.67. The van der Waals surface area contributed by atoms with Gasteiger partial charge >= 0.3 is 0 Å². The quantitative estimate of drug-likeness (QED) is 0.602. The summed E-state index contributed by atoms with van der Waals surface area (Å²) in [5.41, 5.74) is 5.21. The minimum atomic E-state index is -0.759. The molecule has 0 bridgehead atoms. The van der Waals surface area contributed by atoms with Gasteiger partial charge in [0.05, 0.1) is 6.61 Å². The van der Waals surface area contributed by atoms with Crippen molar-refractivity contribution in [3.8, 4) is 0 Å². The summed E-state index contributed by atoms with van der Waals surface area (Å²) in [5, 5.41) is 5.30. The predicted octanol–water partition coefficient (Wildman–Crippen LogP) is -0.620. The van der Waals surface area contributed by atoms with Gasteiger partial charge in [0, 0.05) is 12.6 Å². The van der Waals surface area contributed by atoms with Gasteiger partial charge in [0.25, 0.3) is 0 Å². The van der Waals surface area contributed by atoms with Gasteiger partial charge in [-0.05, 0) is 27.7 Å². The summed E-state index contributed by atoms with van der Waals surface area (Å²) in [7, 11) is 1.46. The molecule has 0 fully saturated rings. The maximum absolute atomic E-state index is 11.7. The lowest BCUT2D eigenvalue weighted by atomic mass is 10.1. The predicted molar refractivity (Wildman–Crippen MR) is 65.4 cm³/mol. The molecule has 6 nitrogen and oxygen atoms in total. The highest BCUT2D eigenvalue weighted by Crippen LogP contribution is 1.99. The van der Waals surface area contributed by atoms with Crippen LogP contribution >= 0.6 is 0 Å². The second kappa shape index (κ2) is 6.56. The monoisotopic (exact) mass is 245 g/mol. The molecular formula is C11H23N3O3. The van der Waals surface area contributed by atoms with Crippen molar-refractivity contribution in [3.05, 3.63) is 0 Å². The topological polar surface area (TPSA) is 93.4 Å². The number of ether oxygens (including phenoxy) is 1. The first kappa shape index (κ1) is 15.9. The van der Waals surface area contributed by atoms with Crippen LogP contribution < -0.4 is 16.4 Å². The zero-order valence-corrected chi connectivity index (χ0v) is 11.2. The Bertz CT molecular complexity index is 274. The van der Waals surface area contributed by atoms with Crippen LogP contribution in [-0.4, -0.2) is 43.2 Å². The van der Waals surface area contributed by atoms with Gasteiger partial charge in [-0.3, -0.25) is 9.59 Å². The van der Waals surface area contributed by atoms with Gasteiger partial charge in [0.15, 0.2) is 0 Å². The van der Waals surface area contributed by atoms with E-state index in [1.807, 2.05) is 20.8 Å². The lowest BCUT2D eigenvalue weighted by Crippen LogP contribution is -2.54. The Balaban J connectivity index is 4.21. The smallest absolute Gasteiger partial charge is 0.242 e. The molecule has 4 N–H and O–H groups in total. The Hall–Kier alpha value is -1.14. The minimum absolute atomic E-state index is 0.124. The average molecular weight is 245 g/mol. The van der Waals surface area contributed by atoms with Gasteiger partial charge in [-0.2, -0.15) is 0 Å². The lowest BCUT2D eigenvalue weighted by Gasteiger charge is -2.24. The molecule has 0 aromatic carbocycles. The summed E-state index contributed by atoms with van der Waals surface area (Å²) in [6, 6.07) is -1.38. The number of carbonyl (C=O) groups is 2. The van der Waals surface area contributed by atoms with Crippen molar-refractivity contribution in [1.82, 2.24) is 10.6 Å². The highest BCUT2D eigenvalue weighted by Gasteiger charge is 2.22. The summed E-state index contributed by atoms with van der Waals surface area (Å²) >= 11 is 0. The van der Waals surface area contributed by atoms with Gasteiger partial charge in [0.2, 0.25) is 11.8 Å². The minimum Gasteiger partial charge on any atom is -0.383 e. The van der Waals surface area contributed by atoms with Gasteiger partial charge in [0.1, 0.15) is 12.1 Å². The van der Waals surface area contributed by atoms with E-state index in [-0.39, 0.29) is 18.1 Å². The number of amides is 2. The summed E-state index contributed by atoms with van der Waals surface area (Å²) in [5.74, 6) is -0.640. The first-order valence-corrected chi connectivity index (χ1v) is 5.54. The van der Waals surface area contributed by atoms with E-state index in [0.29, 0.717) is 0 Å². The van der Waals surface area contributed by atoms with E-state index in [1.165, 1.54) is 7.11 Å². The first-order valence-electron chi connectivity index (χ1n) is 5.54. The molecule has 0 saturated heterocycles. The molecule has 6 heteroatoms. The molecule has 0 heterocycles. The molecule has 0 aliphatic carbocycles. The largest absolute Gasteiger partial charge is 0.383 e. The maximum atomic E-state index is 11.7. The number of hydrogen-bond acceptors (Lipinski definition) is 4. The van der Waals surface area contributed by atoms with Crippen LogP contribution in [0.15, 0.2) is 0 Å². The van der Waals surface area contributed by atoms with Crippen molar-refractivity contribution < 1.29 is 14.3 Å². The van der Waals surface area contributed by atoms with E-state index in [1.54, 1.807) is 6.92 Å². The van der Waals surface area contributed by atoms with E-state index in [0.717, 1.165) is 0 Å². The summed E-state index contributed by atoms with van der Waals surface area (Å²) in [6.07, 6.45) is 0. The van der Waals surface area contributed by atoms with Crippen LogP contribution in [0.25, 0.3) is 0 Å². The summed E-state index contributed by atoms with van der Waals surface area (Å²) in [6.45, 7) is 7.35. The maximum Gasteiger partial charge on any atom is 0.242 e. The molecule has 0 spiro atoms. The zero-order valence-electron chi connectivity index (χ0n) is 11.2. The Labute approximate surface area is 102 Å². The summed E-state index contributed by atoms with van der Waals surface area (Å²) < 4.78 is 4.76. The zero-order chi connectivity index (χ0) is 13.6. The third-order valence-electron chi connectivity index (χ3n) is 1.93. The second-order valence-corrected chi connectivity index (χ2v) is 5.03. The molecule has 2 atom stereocenters. The highest BCUT2D eigenvalue weighted by molar-refractivity contribution is 5.89. The van der Waals surface area contributed by atoms with E-state index < -0.39 is 18.0 Å². The van der Waals surface area contributed by atoms with E-state index in [9.17, 15) is 9.59 Å². The van der Waals surface area contributed by atoms with E-state index in [4.69, 9.17) is 10.5 Å². The molecule has 0 radical (unpaired) electrons. The third kappa shape index (κ3) is 6.91. The highest BCUT2D eigenvalue weighted by atomic mass is 16.5. The van der Waals surface area contributed by atoms with Crippen LogP contribution in [0.5, 0.6) is 0 Å². The van der Waals surface area contributed by atoms with Gasteiger partial charge in [-0.25, -0.2) is 0 Å². The normalized spacial score (nSPS) is 14.9. The summed E-state index contributed by atoms with van der Waals surface area (Å²) in [4.78, 5) is 23.2. The number of hydrogen-bond donors (Lipinski definition) is 3. The molecule has 0 aliphatic rings. The van der Waals surface area contributed by atoms with Crippen LogP contribution in [-0.2, 0) is 14.3 Å². The van der Waals surface area contributed by atoms with E-state index in [2.05, 4.69) is 10.6 Å². The Morgan fingerprint density at radius 1 is 1.29 bits per heavy atom. The van der Waals surface area contributed by atoms with Crippen LogP contribution in [0.2, 0.25) is 0 Å². The van der Waals surface area contributed by atoms with Gasteiger partial charge in [-0.1, -0.05) is 0 Å². The van der Waals surface area contributed by atoms with Crippen molar-refractivity contribution in [1.29, 1.82) is 0 Å². The number of rotatable bonds is 5. The molecule has 2 amide bonds. The fourth-order valence-corrected chi connectivity index (χ4v) is 1.12. The van der Waals surface area contributed by atoms with Crippen molar-refractivity contribution >= 4 is 11.8 Å². The van der Waals surface area contributed by atoms with Crippen molar-refractivity contribution in [2.75, 3.05) is 13.7 Å². The molecule has 0 aromatic heterocycles. The van der Waals surface area contributed by atoms with E-state index >= 15 is 0 Å². The second-order valence-electron chi connectivity index (χ2n) is 5.03.